The lowest BCUT2D eigenvalue weighted by Gasteiger charge is -2.20. The van der Waals surface area contributed by atoms with Gasteiger partial charge >= 0.3 is 0 Å². The first-order valence-electron chi connectivity index (χ1n) is 7.36. The molecule has 2 rings (SSSR count). The van der Waals surface area contributed by atoms with Crippen LogP contribution in [0.25, 0.3) is 0 Å². The van der Waals surface area contributed by atoms with E-state index in [1.807, 2.05) is 6.92 Å². The lowest BCUT2D eigenvalue weighted by atomic mass is 10.1. The minimum Gasteiger partial charge on any atom is -0.326 e. The summed E-state index contributed by atoms with van der Waals surface area (Å²) in [5.41, 5.74) is 5.58. The Balaban J connectivity index is 1.97. The molecule has 1 unspecified atom stereocenters. The summed E-state index contributed by atoms with van der Waals surface area (Å²) in [6.07, 6.45) is 1.05. The van der Waals surface area contributed by atoms with Gasteiger partial charge in [0.1, 0.15) is 0 Å². The Kier molecular flexibility index (Phi) is 5.43. The van der Waals surface area contributed by atoms with Crippen molar-refractivity contribution in [3.63, 3.8) is 0 Å². The normalized spacial score (nSPS) is 20.5. The predicted molar refractivity (Wildman–Crippen MR) is 87.0 cm³/mol. The van der Waals surface area contributed by atoms with Gasteiger partial charge in [0.05, 0.1) is 4.90 Å². The van der Waals surface area contributed by atoms with E-state index in [1.165, 1.54) is 11.3 Å². The van der Waals surface area contributed by atoms with E-state index in [-0.39, 0.29) is 0 Å². The van der Waals surface area contributed by atoms with Crippen molar-refractivity contribution in [2.24, 2.45) is 11.7 Å². The quantitative estimate of drug-likeness (QED) is 0.829. The number of nitrogens with one attached hydrogen (secondary N) is 1. The van der Waals surface area contributed by atoms with Crippen LogP contribution in [-0.4, -0.2) is 39.0 Å². The summed E-state index contributed by atoms with van der Waals surface area (Å²) in [5, 5.41) is 0. The summed E-state index contributed by atoms with van der Waals surface area (Å²) < 4.78 is 27.6. The fraction of sp³-hybridized carbons (Fsp3) is 0.714. The SMILES string of the molecule is Cc1sc(CN)cc1S(=O)(=O)NCC1CCN(C(C)C)C1. The van der Waals surface area contributed by atoms with Crippen LogP contribution in [0.1, 0.15) is 30.0 Å². The average Bonchev–Trinajstić information content (AvgIpc) is 3.03. The lowest BCUT2D eigenvalue weighted by Crippen LogP contribution is -2.33. The Morgan fingerprint density at radius 1 is 1.52 bits per heavy atom. The summed E-state index contributed by atoms with van der Waals surface area (Å²) >= 11 is 1.45. The minimum atomic E-state index is -3.42. The topological polar surface area (TPSA) is 75.4 Å². The number of hydrogen-bond donors (Lipinski definition) is 2. The molecule has 0 aromatic carbocycles. The molecule has 0 spiro atoms. The van der Waals surface area contributed by atoms with Gasteiger partial charge in [0.15, 0.2) is 0 Å². The first kappa shape index (κ1) is 16.9. The molecule has 5 nitrogen and oxygen atoms in total. The van der Waals surface area contributed by atoms with Crippen molar-refractivity contribution in [2.45, 2.75) is 44.7 Å². The number of hydrogen-bond acceptors (Lipinski definition) is 5. The number of thiophene rings is 1. The zero-order chi connectivity index (χ0) is 15.6. The third kappa shape index (κ3) is 4.04. The van der Waals surface area contributed by atoms with Crippen LogP contribution in [-0.2, 0) is 16.6 Å². The molecule has 7 heteroatoms. The zero-order valence-corrected chi connectivity index (χ0v) is 14.6. The third-order valence-corrected chi connectivity index (χ3v) is 6.78. The summed E-state index contributed by atoms with van der Waals surface area (Å²) in [6, 6.07) is 2.22. The Morgan fingerprint density at radius 3 is 2.76 bits per heavy atom. The molecule has 1 aliphatic heterocycles. The minimum absolute atomic E-state index is 0.381. The molecule has 1 saturated heterocycles. The maximum absolute atomic E-state index is 12.4. The molecular weight excluding hydrogens is 306 g/mol. The largest absolute Gasteiger partial charge is 0.326 e. The first-order valence-corrected chi connectivity index (χ1v) is 9.66. The Bertz CT molecular complexity index is 581. The van der Waals surface area contributed by atoms with Crippen LogP contribution in [0.15, 0.2) is 11.0 Å². The number of likely N-dealkylation sites (tertiary alicyclic amines) is 1. The molecule has 1 aliphatic rings. The maximum Gasteiger partial charge on any atom is 0.241 e. The number of rotatable bonds is 6. The number of sulfonamides is 1. The molecule has 21 heavy (non-hydrogen) atoms. The van der Waals surface area contributed by atoms with Gasteiger partial charge in [-0.3, -0.25) is 0 Å². The number of nitrogens with zero attached hydrogens (tertiary/aromatic N) is 1. The van der Waals surface area contributed by atoms with E-state index in [2.05, 4.69) is 23.5 Å². The predicted octanol–water partition coefficient (Wildman–Crippen LogP) is 1.52. The Labute approximate surface area is 131 Å². The van der Waals surface area contributed by atoms with E-state index in [9.17, 15) is 8.42 Å². The van der Waals surface area contributed by atoms with Gasteiger partial charge in [-0.1, -0.05) is 0 Å². The Hall–Kier alpha value is -0.470. The van der Waals surface area contributed by atoms with Crippen molar-refractivity contribution in [1.82, 2.24) is 9.62 Å². The molecule has 0 aliphatic carbocycles. The molecule has 0 bridgehead atoms. The van der Waals surface area contributed by atoms with Gasteiger partial charge in [-0.05, 0) is 45.7 Å². The number of nitrogens with two attached hydrogens (primary N) is 1. The molecule has 1 aromatic rings. The van der Waals surface area contributed by atoms with Gasteiger partial charge in [-0.2, -0.15) is 0 Å². The molecule has 1 atom stereocenters. The van der Waals surface area contributed by atoms with Gasteiger partial charge in [0, 0.05) is 35.4 Å². The second-order valence-corrected chi connectivity index (χ2v) is 9.01. The smallest absolute Gasteiger partial charge is 0.241 e. The monoisotopic (exact) mass is 331 g/mol. The highest BCUT2D eigenvalue weighted by molar-refractivity contribution is 7.89. The molecule has 2 heterocycles. The second-order valence-electron chi connectivity index (χ2n) is 5.93. The average molecular weight is 332 g/mol. The van der Waals surface area contributed by atoms with Crippen LogP contribution >= 0.6 is 11.3 Å². The van der Waals surface area contributed by atoms with Gasteiger partial charge in [0.25, 0.3) is 0 Å². The molecule has 0 radical (unpaired) electrons. The Morgan fingerprint density at radius 2 is 2.24 bits per heavy atom. The second kappa shape index (κ2) is 6.75. The first-order chi connectivity index (χ1) is 9.83. The van der Waals surface area contributed by atoms with E-state index in [4.69, 9.17) is 5.73 Å². The van der Waals surface area contributed by atoms with Crippen molar-refractivity contribution >= 4 is 21.4 Å². The summed E-state index contributed by atoms with van der Waals surface area (Å²) in [4.78, 5) is 4.48. The van der Waals surface area contributed by atoms with Gasteiger partial charge in [-0.15, -0.1) is 11.3 Å². The zero-order valence-electron chi connectivity index (χ0n) is 12.9. The van der Waals surface area contributed by atoms with Crippen molar-refractivity contribution < 1.29 is 8.42 Å². The molecular formula is C14H25N3O2S2. The molecule has 120 valence electrons. The van der Waals surface area contributed by atoms with Crippen molar-refractivity contribution in [1.29, 1.82) is 0 Å². The fourth-order valence-corrected chi connectivity index (χ4v) is 5.32. The van der Waals surface area contributed by atoms with Gasteiger partial charge in [-0.25, -0.2) is 13.1 Å². The van der Waals surface area contributed by atoms with Gasteiger partial charge in [0.2, 0.25) is 10.0 Å². The molecule has 3 N–H and O–H groups in total. The van der Waals surface area contributed by atoms with Crippen LogP contribution in [0, 0.1) is 12.8 Å². The number of aryl methyl sites for hydroxylation is 1. The van der Waals surface area contributed by atoms with Crippen LogP contribution in [0.2, 0.25) is 0 Å². The van der Waals surface area contributed by atoms with Crippen LogP contribution < -0.4 is 10.5 Å². The summed E-state index contributed by atoms with van der Waals surface area (Å²) in [6.45, 7) is 9.10. The van der Waals surface area contributed by atoms with E-state index in [1.54, 1.807) is 6.07 Å². The van der Waals surface area contributed by atoms with Crippen molar-refractivity contribution in [3.05, 3.63) is 15.8 Å². The van der Waals surface area contributed by atoms with E-state index >= 15 is 0 Å². The van der Waals surface area contributed by atoms with E-state index in [0.29, 0.717) is 29.9 Å². The van der Waals surface area contributed by atoms with Crippen LogP contribution in [0.3, 0.4) is 0 Å². The summed E-state index contributed by atoms with van der Waals surface area (Å²) in [5.74, 6) is 0.398. The van der Waals surface area contributed by atoms with Gasteiger partial charge < -0.3 is 10.6 Å². The van der Waals surface area contributed by atoms with Crippen LogP contribution in [0.4, 0.5) is 0 Å². The molecule has 0 amide bonds. The molecule has 0 saturated carbocycles. The standard InChI is InChI=1S/C14H25N3O2S2/c1-10(2)17-5-4-12(9-17)8-16-21(18,19)14-6-13(7-15)20-11(14)3/h6,10,12,16H,4-5,7-9,15H2,1-3H3. The molecule has 1 aromatic heterocycles. The van der Waals surface area contributed by atoms with Crippen molar-refractivity contribution in [3.8, 4) is 0 Å². The van der Waals surface area contributed by atoms with E-state index in [0.717, 1.165) is 29.3 Å². The summed E-state index contributed by atoms with van der Waals surface area (Å²) in [7, 11) is -3.42. The highest BCUT2D eigenvalue weighted by atomic mass is 32.2. The molecule has 1 fully saturated rings. The maximum atomic E-state index is 12.4. The third-order valence-electron chi connectivity index (χ3n) is 4.02. The van der Waals surface area contributed by atoms with Crippen molar-refractivity contribution in [2.75, 3.05) is 19.6 Å². The highest BCUT2D eigenvalue weighted by Gasteiger charge is 2.26. The van der Waals surface area contributed by atoms with E-state index < -0.39 is 10.0 Å². The van der Waals surface area contributed by atoms with Crippen LogP contribution in [0.5, 0.6) is 0 Å². The highest BCUT2D eigenvalue weighted by Crippen LogP contribution is 2.26. The lowest BCUT2D eigenvalue weighted by molar-refractivity contribution is 0.265. The fourth-order valence-electron chi connectivity index (χ4n) is 2.70.